The largest absolute Gasteiger partial charge is 0.444 e. The molecule has 0 aromatic heterocycles. The summed E-state index contributed by atoms with van der Waals surface area (Å²) >= 11 is 3.17. The van der Waals surface area contributed by atoms with Crippen LogP contribution in [0, 0.1) is 5.82 Å². The van der Waals surface area contributed by atoms with Gasteiger partial charge < -0.3 is 9.47 Å². The number of halogens is 2. The van der Waals surface area contributed by atoms with E-state index in [0.29, 0.717) is 4.47 Å². The Kier molecular flexibility index (Phi) is 7.77. The van der Waals surface area contributed by atoms with Gasteiger partial charge in [-0.15, -0.1) is 0 Å². The Morgan fingerprint density at radius 1 is 1.04 bits per heavy atom. The second kappa shape index (κ2) is 9.16. The van der Waals surface area contributed by atoms with E-state index in [4.69, 9.17) is 9.47 Å². The van der Waals surface area contributed by atoms with Gasteiger partial charge in [-0.2, -0.15) is 0 Å². The molecule has 7 nitrogen and oxygen atoms in total. The molecule has 0 aliphatic heterocycles. The highest BCUT2D eigenvalue weighted by atomic mass is 79.9. The van der Waals surface area contributed by atoms with E-state index in [2.05, 4.69) is 31.6 Å². The number of carbonyl (C=O) groups excluding carboxylic acids is 2. The molecule has 0 spiro atoms. The number of rotatable bonds is 2. The van der Waals surface area contributed by atoms with Crippen molar-refractivity contribution in [1.29, 1.82) is 0 Å². The molecule has 150 valence electrons. The van der Waals surface area contributed by atoms with Crippen molar-refractivity contribution in [2.75, 3.05) is 0 Å². The van der Waals surface area contributed by atoms with Crippen LogP contribution in [0.5, 0.6) is 0 Å². The van der Waals surface area contributed by atoms with Gasteiger partial charge in [-0.1, -0.05) is 22.0 Å². The minimum Gasteiger partial charge on any atom is -0.444 e. The summed E-state index contributed by atoms with van der Waals surface area (Å²) in [5, 5.41) is 4.67. The van der Waals surface area contributed by atoms with Crippen molar-refractivity contribution in [1.82, 2.24) is 10.6 Å². The highest BCUT2D eigenvalue weighted by molar-refractivity contribution is 9.10. The van der Waals surface area contributed by atoms with Gasteiger partial charge in [0, 0.05) is 10.0 Å². The lowest BCUT2D eigenvalue weighted by atomic mass is 10.2. The summed E-state index contributed by atoms with van der Waals surface area (Å²) in [4.78, 5) is 28.0. The van der Waals surface area contributed by atoms with Crippen LogP contribution in [0.15, 0.2) is 27.7 Å². The topological polar surface area (TPSA) is 89.0 Å². The van der Waals surface area contributed by atoms with Crippen LogP contribution in [0.1, 0.15) is 47.1 Å². The van der Waals surface area contributed by atoms with Gasteiger partial charge >= 0.3 is 12.2 Å². The van der Waals surface area contributed by atoms with Crippen molar-refractivity contribution in [3.05, 3.63) is 34.1 Å². The van der Waals surface area contributed by atoms with Crippen molar-refractivity contribution in [2.45, 2.75) is 59.3 Å². The van der Waals surface area contributed by atoms with Gasteiger partial charge in [-0.25, -0.2) is 19.0 Å². The van der Waals surface area contributed by atoms with Gasteiger partial charge in [0.05, 0.1) is 6.54 Å². The van der Waals surface area contributed by atoms with E-state index in [1.807, 2.05) is 0 Å². The maximum Gasteiger partial charge on any atom is 0.414 e. The molecule has 0 atom stereocenters. The first-order valence-corrected chi connectivity index (χ1v) is 9.03. The fraction of sp³-hybridized carbons (Fsp3) is 0.500. The quantitative estimate of drug-likeness (QED) is 0.518. The summed E-state index contributed by atoms with van der Waals surface area (Å²) in [6.45, 7) is 10.1. The average molecular weight is 446 g/mol. The van der Waals surface area contributed by atoms with Crippen LogP contribution in [0.2, 0.25) is 0 Å². The molecule has 1 aromatic carbocycles. The minimum absolute atomic E-state index is 0.111. The van der Waals surface area contributed by atoms with Crippen LogP contribution >= 0.6 is 15.9 Å². The number of benzene rings is 1. The van der Waals surface area contributed by atoms with Crippen LogP contribution in [0.4, 0.5) is 14.0 Å². The first-order chi connectivity index (χ1) is 12.2. The number of guanidine groups is 1. The van der Waals surface area contributed by atoms with Crippen LogP contribution in [-0.4, -0.2) is 29.3 Å². The highest BCUT2D eigenvalue weighted by Crippen LogP contribution is 2.16. The third kappa shape index (κ3) is 9.93. The lowest BCUT2D eigenvalue weighted by molar-refractivity contribution is 0.0545. The molecule has 0 saturated carbocycles. The van der Waals surface area contributed by atoms with Gasteiger partial charge in [0.15, 0.2) is 0 Å². The van der Waals surface area contributed by atoms with Crippen molar-refractivity contribution in [3.8, 4) is 0 Å². The minimum atomic E-state index is -0.811. The summed E-state index contributed by atoms with van der Waals surface area (Å²) in [7, 11) is 0. The first kappa shape index (κ1) is 22.9. The molecular weight excluding hydrogens is 421 g/mol. The molecule has 0 radical (unpaired) electrons. The Hall–Kier alpha value is -2.16. The number of carbonyl (C=O) groups is 2. The molecule has 0 heterocycles. The SMILES string of the molecule is CC(C)(C)OC(=O)NC(=NCc1ccc(Br)cc1F)NC(=O)OC(C)(C)C. The van der Waals surface area contributed by atoms with E-state index in [9.17, 15) is 14.0 Å². The van der Waals surface area contributed by atoms with Crippen molar-refractivity contribution in [2.24, 2.45) is 4.99 Å². The number of ether oxygens (including phenoxy) is 2. The highest BCUT2D eigenvalue weighted by Gasteiger charge is 2.21. The molecule has 2 amide bonds. The second-order valence-electron chi connectivity index (χ2n) is 7.65. The lowest BCUT2D eigenvalue weighted by Gasteiger charge is -2.22. The van der Waals surface area contributed by atoms with Gasteiger partial charge in [0.1, 0.15) is 17.0 Å². The summed E-state index contributed by atoms with van der Waals surface area (Å²) < 4.78 is 24.8. The first-order valence-electron chi connectivity index (χ1n) is 8.23. The fourth-order valence-electron chi connectivity index (χ4n) is 1.73. The maximum absolute atomic E-state index is 13.9. The zero-order valence-electron chi connectivity index (χ0n) is 16.3. The Balaban J connectivity index is 2.94. The smallest absolute Gasteiger partial charge is 0.414 e. The number of aliphatic imine (C=N–C) groups is 1. The number of nitrogens with zero attached hydrogens (tertiary/aromatic N) is 1. The molecule has 0 unspecified atom stereocenters. The zero-order valence-corrected chi connectivity index (χ0v) is 17.9. The molecular formula is C18H25BrFN3O4. The van der Waals surface area contributed by atoms with Crippen molar-refractivity contribution >= 4 is 34.1 Å². The molecule has 2 N–H and O–H groups in total. The Labute approximate surface area is 166 Å². The van der Waals surface area contributed by atoms with Crippen molar-refractivity contribution in [3.63, 3.8) is 0 Å². The average Bonchev–Trinajstić information content (AvgIpc) is 2.41. The maximum atomic E-state index is 13.9. The molecule has 0 saturated heterocycles. The molecule has 9 heteroatoms. The third-order valence-corrected chi connectivity index (χ3v) is 3.15. The summed E-state index contributed by atoms with van der Waals surface area (Å²) in [6, 6.07) is 4.50. The number of alkyl carbamates (subject to hydrolysis) is 2. The Bertz CT molecular complexity index is 692. The van der Waals surface area contributed by atoms with Crippen molar-refractivity contribution < 1.29 is 23.5 Å². The van der Waals surface area contributed by atoms with Gasteiger partial charge in [-0.3, -0.25) is 10.6 Å². The van der Waals surface area contributed by atoms with Crippen LogP contribution in [-0.2, 0) is 16.0 Å². The third-order valence-electron chi connectivity index (χ3n) is 2.66. The van der Waals surface area contributed by atoms with E-state index in [0.717, 1.165) is 0 Å². The number of amides is 2. The van der Waals surface area contributed by atoms with E-state index in [-0.39, 0.29) is 18.1 Å². The predicted molar refractivity (Wildman–Crippen MR) is 104 cm³/mol. The molecule has 0 aliphatic carbocycles. The van der Waals surface area contributed by atoms with Gasteiger partial charge in [0.2, 0.25) is 5.96 Å². The van der Waals surface area contributed by atoms with Gasteiger partial charge in [0.25, 0.3) is 0 Å². The van der Waals surface area contributed by atoms with Crippen LogP contribution < -0.4 is 10.6 Å². The van der Waals surface area contributed by atoms with E-state index < -0.39 is 29.2 Å². The monoisotopic (exact) mass is 445 g/mol. The van der Waals surface area contributed by atoms with E-state index >= 15 is 0 Å². The number of hydrogen-bond acceptors (Lipinski definition) is 5. The Morgan fingerprint density at radius 2 is 1.52 bits per heavy atom. The molecule has 0 fully saturated rings. The second-order valence-corrected chi connectivity index (χ2v) is 8.57. The lowest BCUT2D eigenvalue weighted by Crippen LogP contribution is -2.47. The fourth-order valence-corrected chi connectivity index (χ4v) is 2.06. The molecule has 1 rings (SSSR count). The Morgan fingerprint density at radius 3 is 1.93 bits per heavy atom. The normalized spacial score (nSPS) is 11.4. The predicted octanol–water partition coefficient (Wildman–Crippen LogP) is 4.49. The zero-order chi connectivity index (χ0) is 20.8. The summed E-state index contributed by atoms with van der Waals surface area (Å²) in [6.07, 6.45) is -1.62. The molecule has 1 aromatic rings. The van der Waals surface area contributed by atoms with E-state index in [1.165, 1.54) is 6.07 Å². The molecule has 27 heavy (non-hydrogen) atoms. The molecule has 0 bridgehead atoms. The number of nitrogens with one attached hydrogen (secondary N) is 2. The standard InChI is InChI=1S/C18H25BrFN3O4/c1-17(2,3)26-15(24)22-14(23-16(25)27-18(4,5)6)21-10-11-7-8-12(19)9-13(11)20/h7-9H,10H2,1-6H3,(H2,21,22,23,24,25). The number of hydrogen-bond donors (Lipinski definition) is 2. The van der Waals surface area contributed by atoms with Crippen LogP contribution in [0.3, 0.4) is 0 Å². The summed E-state index contributed by atoms with van der Waals surface area (Å²) in [5.74, 6) is -0.678. The molecule has 0 aliphatic rings. The van der Waals surface area contributed by atoms with Gasteiger partial charge in [-0.05, 0) is 53.7 Å². The van der Waals surface area contributed by atoms with E-state index in [1.54, 1.807) is 53.7 Å². The summed E-state index contributed by atoms with van der Waals surface area (Å²) in [5.41, 5.74) is -1.19. The van der Waals surface area contributed by atoms with Crippen LogP contribution in [0.25, 0.3) is 0 Å².